The Morgan fingerprint density at radius 2 is 2.15 bits per heavy atom. The number of amides is 1. The van der Waals surface area contributed by atoms with Crippen molar-refractivity contribution in [2.24, 2.45) is 0 Å². The van der Waals surface area contributed by atoms with Gasteiger partial charge in [0.15, 0.2) is 0 Å². The first-order chi connectivity index (χ1) is 12.4. The zero-order valence-corrected chi connectivity index (χ0v) is 13.7. The molecule has 0 bridgehead atoms. The summed E-state index contributed by atoms with van der Waals surface area (Å²) in [6, 6.07) is 7.80. The number of carbonyl (C=O) groups is 1. The van der Waals surface area contributed by atoms with E-state index in [1.807, 2.05) is 0 Å². The summed E-state index contributed by atoms with van der Waals surface area (Å²) < 4.78 is 43.3. The van der Waals surface area contributed by atoms with Gasteiger partial charge in [-0.2, -0.15) is 13.2 Å². The van der Waals surface area contributed by atoms with Crippen LogP contribution in [0.15, 0.2) is 36.5 Å². The lowest BCUT2D eigenvalue weighted by Gasteiger charge is -2.12. The Kier molecular flexibility index (Phi) is 5.36. The molecule has 1 atom stereocenters. The van der Waals surface area contributed by atoms with Gasteiger partial charge in [0, 0.05) is 25.0 Å². The molecule has 1 aliphatic heterocycles. The van der Waals surface area contributed by atoms with Crippen molar-refractivity contribution in [3.8, 4) is 0 Å². The van der Waals surface area contributed by atoms with E-state index in [4.69, 9.17) is 4.74 Å². The van der Waals surface area contributed by atoms with Crippen molar-refractivity contribution in [2.45, 2.75) is 31.7 Å². The zero-order chi connectivity index (χ0) is 18.6. The zero-order valence-electron chi connectivity index (χ0n) is 13.7. The van der Waals surface area contributed by atoms with E-state index < -0.39 is 18.0 Å². The SMILES string of the molecule is O=C(Nc1cccc(CNc2nccc(C(F)(F)F)n2)c1)[C@@H]1CCCO1. The molecule has 1 saturated heterocycles. The van der Waals surface area contributed by atoms with Gasteiger partial charge in [-0.3, -0.25) is 4.79 Å². The number of anilines is 2. The van der Waals surface area contributed by atoms with Crippen LogP contribution in [0.4, 0.5) is 24.8 Å². The van der Waals surface area contributed by atoms with Gasteiger partial charge in [0.05, 0.1) is 0 Å². The summed E-state index contributed by atoms with van der Waals surface area (Å²) >= 11 is 0. The molecule has 0 saturated carbocycles. The molecule has 2 heterocycles. The van der Waals surface area contributed by atoms with Crippen LogP contribution in [-0.4, -0.2) is 28.6 Å². The summed E-state index contributed by atoms with van der Waals surface area (Å²) in [5, 5.41) is 5.53. The number of nitrogens with zero attached hydrogens (tertiary/aromatic N) is 2. The molecule has 3 rings (SSSR count). The number of hydrogen-bond donors (Lipinski definition) is 2. The smallest absolute Gasteiger partial charge is 0.368 e. The molecule has 26 heavy (non-hydrogen) atoms. The number of ether oxygens (including phenoxy) is 1. The van der Waals surface area contributed by atoms with Crippen molar-refractivity contribution in [3.05, 3.63) is 47.8 Å². The van der Waals surface area contributed by atoms with Crippen molar-refractivity contribution in [1.82, 2.24) is 9.97 Å². The van der Waals surface area contributed by atoms with Crippen LogP contribution in [0.3, 0.4) is 0 Å². The van der Waals surface area contributed by atoms with Crippen molar-refractivity contribution in [2.75, 3.05) is 17.2 Å². The molecule has 1 aliphatic rings. The minimum Gasteiger partial charge on any atom is -0.368 e. The van der Waals surface area contributed by atoms with Crippen LogP contribution in [-0.2, 0) is 22.3 Å². The molecule has 138 valence electrons. The standard InChI is InChI=1S/C17H17F3N4O2/c18-17(19,20)14-6-7-21-16(24-14)22-10-11-3-1-4-12(9-11)23-15(25)13-5-2-8-26-13/h1,3-4,6-7,9,13H,2,5,8,10H2,(H,23,25)(H,21,22,24)/t13-/m0/s1. The van der Waals surface area contributed by atoms with Crippen LogP contribution in [0.2, 0.25) is 0 Å². The molecule has 1 fully saturated rings. The summed E-state index contributed by atoms with van der Waals surface area (Å²) in [5.41, 5.74) is 0.346. The predicted octanol–water partition coefficient (Wildman–Crippen LogP) is 3.23. The Labute approximate surface area is 147 Å². The first-order valence-corrected chi connectivity index (χ1v) is 8.07. The highest BCUT2D eigenvalue weighted by atomic mass is 19.4. The topological polar surface area (TPSA) is 76.1 Å². The van der Waals surface area contributed by atoms with Gasteiger partial charge in [0.2, 0.25) is 5.95 Å². The molecule has 9 heteroatoms. The maximum absolute atomic E-state index is 12.7. The van der Waals surface area contributed by atoms with Gasteiger partial charge in [0.1, 0.15) is 11.8 Å². The number of hydrogen-bond acceptors (Lipinski definition) is 5. The maximum atomic E-state index is 12.7. The molecule has 1 aromatic heterocycles. The van der Waals surface area contributed by atoms with Gasteiger partial charge in [-0.1, -0.05) is 12.1 Å². The second-order valence-electron chi connectivity index (χ2n) is 5.81. The van der Waals surface area contributed by atoms with Gasteiger partial charge in [0.25, 0.3) is 5.91 Å². The third-order valence-electron chi connectivity index (χ3n) is 3.81. The highest BCUT2D eigenvalue weighted by molar-refractivity contribution is 5.94. The molecule has 1 aromatic carbocycles. The lowest BCUT2D eigenvalue weighted by Crippen LogP contribution is -2.26. The monoisotopic (exact) mass is 366 g/mol. The maximum Gasteiger partial charge on any atom is 0.433 e. The second kappa shape index (κ2) is 7.69. The normalized spacial score (nSPS) is 17.1. The summed E-state index contributed by atoms with van der Waals surface area (Å²) in [4.78, 5) is 19.3. The molecule has 2 N–H and O–H groups in total. The fraction of sp³-hybridized carbons (Fsp3) is 0.353. The molecule has 0 radical (unpaired) electrons. The fourth-order valence-electron chi connectivity index (χ4n) is 2.55. The van der Waals surface area contributed by atoms with Crippen molar-refractivity contribution >= 4 is 17.5 Å². The predicted molar refractivity (Wildman–Crippen MR) is 88.4 cm³/mol. The molecule has 0 spiro atoms. The van der Waals surface area contributed by atoms with Crippen LogP contribution < -0.4 is 10.6 Å². The van der Waals surface area contributed by atoms with E-state index in [1.54, 1.807) is 24.3 Å². The van der Waals surface area contributed by atoms with Crippen LogP contribution >= 0.6 is 0 Å². The van der Waals surface area contributed by atoms with E-state index in [0.717, 1.165) is 24.2 Å². The summed E-state index contributed by atoms with van der Waals surface area (Å²) in [5.74, 6) is -0.317. The van der Waals surface area contributed by atoms with Gasteiger partial charge >= 0.3 is 6.18 Å². The summed E-state index contributed by atoms with van der Waals surface area (Å²) in [6.45, 7) is 0.796. The molecule has 0 unspecified atom stereocenters. The van der Waals surface area contributed by atoms with Crippen LogP contribution in [0.25, 0.3) is 0 Å². The molecule has 0 aliphatic carbocycles. The average Bonchev–Trinajstić information content (AvgIpc) is 3.15. The van der Waals surface area contributed by atoms with E-state index in [9.17, 15) is 18.0 Å². The van der Waals surface area contributed by atoms with E-state index in [0.29, 0.717) is 18.7 Å². The number of benzene rings is 1. The highest BCUT2D eigenvalue weighted by Gasteiger charge is 2.32. The summed E-state index contributed by atoms with van der Waals surface area (Å²) in [6.07, 6.45) is -2.35. The highest BCUT2D eigenvalue weighted by Crippen LogP contribution is 2.27. The number of halogens is 3. The number of carbonyl (C=O) groups excluding carboxylic acids is 1. The van der Waals surface area contributed by atoms with Crippen LogP contribution in [0.1, 0.15) is 24.1 Å². The van der Waals surface area contributed by atoms with E-state index >= 15 is 0 Å². The number of rotatable bonds is 5. The minimum absolute atomic E-state index is 0.117. The number of alkyl halides is 3. The van der Waals surface area contributed by atoms with E-state index in [2.05, 4.69) is 20.6 Å². The van der Waals surface area contributed by atoms with E-state index in [-0.39, 0.29) is 18.4 Å². The lowest BCUT2D eigenvalue weighted by molar-refractivity contribution is -0.141. The number of nitrogens with one attached hydrogen (secondary N) is 2. The minimum atomic E-state index is -4.52. The van der Waals surface area contributed by atoms with Crippen molar-refractivity contribution in [3.63, 3.8) is 0 Å². The Hall–Kier alpha value is -2.68. The van der Waals surface area contributed by atoms with E-state index in [1.165, 1.54) is 0 Å². The Morgan fingerprint density at radius 3 is 2.88 bits per heavy atom. The first-order valence-electron chi connectivity index (χ1n) is 8.07. The molecule has 2 aromatic rings. The largest absolute Gasteiger partial charge is 0.433 e. The Balaban J connectivity index is 1.61. The molecular formula is C17H17F3N4O2. The average molecular weight is 366 g/mol. The second-order valence-corrected chi connectivity index (χ2v) is 5.81. The van der Waals surface area contributed by atoms with Gasteiger partial charge in [-0.15, -0.1) is 0 Å². The lowest BCUT2D eigenvalue weighted by atomic mass is 10.2. The van der Waals surface area contributed by atoms with Crippen molar-refractivity contribution < 1.29 is 22.7 Å². The van der Waals surface area contributed by atoms with Gasteiger partial charge in [-0.25, -0.2) is 9.97 Å². The van der Waals surface area contributed by atoms with Crippen LogP contribution in [0, 0.1) is 0 Å². The van der Waals surface area contributed by atoms with Crippen LogP contribution in [0.5, 0.6) is 0 Å². The Bertz CT molecular complexity index is 777. The van der Waals surface area contributed by atoms with Gasteiger partial charge < -0.3 is 15.4 Å². The first kappa shape index (κ1) is 18.1. The quantitative estimate of drug-likeness (QED) is 0.850. The molecule has 6 nitrogen and oxygen atoms in total. The Morgan fingerprint density at radius 1 is 1.31 bits per heavy atom. The molecule has 1 amide bonds. The third kappa shape index (κ3) is 4.69. The van der Waals surface area contributed by atoms with Gasteiger partial charge in [-0.05, 0) is 36.6 Å². The third-order valence-corrected chi connectivity index (χ3v) is 3.81. The molecular weight excluding hydrogens is 349 g/mol. The fourth-order valence-corrected chi connectivity index (χ4v) is 2.55. The van der Waals surface area contributed by atoms with Crippen molar-refractivity contribution in [1.29, 1.82) is 0 Å². The summed E-state index contributed by atoms with van der Waals surface area (Å²) in [7, 11) is 0. The number of aromatic nitrogens is 2.